The van der Waals surface area contributed by atoms with Crippen molar-refractivity contribution in [1.29, 1.82) is 0 Å². The summed E-state index contributed by atoms with van der Waals surface area (Å²) in [6.07, 6.45) is 0. The van der Waals surface area contributed by atoms with Crippen LogP contribution < -0.4 is 5.32 Å². The molecule has 0 aliphatic carbocycles. The third kappa shape index (κ3) is 3.33. The maximum atomic E-state index is 12.9. The summed E-state index contributed by atoms with van der Waals surface area (Å²) in [5.74, 6) is -0.375. The highest BCUT2D eigenvalue weighted by Crippen LogP contribution is 2.29. The van der Waals surface area contributed by atoms with E-state index in [-0.39, 0.29) is 17.3 Å². The summed E-state index contributed by atoms with van der Waals surface area (Å²) in [6, 6.07) is 14.8. The molecule has 0 saturated carbocycles. The first-order valence-corrected chi connectivity index (χ1v) is 9.81. The van der Waals surface area contributed by atoms with Crippen LogP contribution in [0.1, 0.15) is 18.1 Å². The van der Waals surface area contributed by atoms with Crippen molar-refractivity contribution in [2.75, 3.05) is 14.1 Å². The van der Waals surface area contributed by atoms with Gasteiger partial charge in [0.05, 0.1) is 11.4 Å². The van der Waals surface area contributed by atoms with Crippen molar-refractivity contribution in [3.8, 4) is 0 Å². The molecular formula is C19H21N3O4S. The van der Waals surface area contributed by atoms with Gasteiger partial charge in [0.25, 0.3) is 5.91 Å². The van der Waals surface area contributed by atoms with Gasteiger partial charge in [-0.2, -0.15) is 0 Å². The molecule has 2 aromatic carbocycles. The van der Waals surface area contributed by atoms with Crippen LogP contribution in [0.5, 0.6) is 0 Å². The number of imide groups is 1. The van der Waals surface area contributed by atoms with Crippen molar-refractivity contribution >= 4 is 22.0 Å². The number of benzene rings is 2. The lowest BCUT2D eigenvalue weighted by molar-refractivity contribution is -0.131. The lowest BCUT2D eigenvalue weighted by Gasteiger charge is -2.22. The van der Waals surface area contributed by atoms with E-state index in [0.717, 1.165) is 9.21 Å². The molecule has 1 saturated heterocycles. The minimum atomic E-state index is -3.60. The fraction of sp³-hybridized carbons (Fsp3) is 0.263. The Bertz CT molecular complexity index is 989. The van der Waals surface area contributed by atoms with Gasteiger partial charge < -0.3 is 5.32 Å². The summed E-state index contributed by atoms with van der Waals surface area (Å²) in [6.45, 7) is 1.65. The van der Waals surface area contributed by atoms with Crippen molar-refractivity contribution in [3.63, 3.8) is 0 Å². The number of rotatable bonds is 5. The second-order valence-electron chi connectivity index (χ2n) is 6.75. The topological polar surface area (TPSA) is 86.8 Å². The first-order valence-electron chi connectivity index (χ1n) is 8.37. The molecule has 1 N–H and O–H groups in total. The van der Waals surface area contributed by atoms with Gasteiger partial charge in [0.15, 0.2) is 0 Å². The summed E-state index contributed by atoms with van der Waals surface area (Å²) in [4.78, 5) is 26.6. The predicted molar refractivity (Wildman–Crippen MR) is 100 cm³/mol. The highest BCUT2D eigenvalue weighted by Gasteiger charge is 2.48. The third-order valence-electron chi connectivity index (χ3n) is 4.64. The molecule has 0 unspecified atom stereocenters. The SMILES string of the molecule is CN(C)S(=O)(=O)c1cccc(CN2C(=O)N[C@](C)(c3ccccc3)C2=O)c1. The molecule has 1 aliphatic rings. The Morgan fingerprint density at radius 1 is 1.04 bits per heavy atom. The van der Waals surface area contributed by atoms with Gasteiger partial charge >= 0.3 is 6.03 Å². The normalized spacial score (nSPS) is 20.2. The van der Waals surface area contributed by atoms with Gasteiger partial charge in [0, 0.05) is 14.1 Å². The van der Waals surface area contributed by atoms with Gasteiger partial charge in [-0.3, -0.25) is 9.69 Å². The molecule has 1 heterocycles. The Morgan fingerprint density at radius 2 is 1.70 bits per heavy atom. The number of hydrogen-bond donors (Lipinski definition) is 1. The first kappa shape index (κ1) is 19.1. The molecular weight excluding hydrogens is 366 g/mol. The minimum absolute atomic E-state index is 0.0100. The van der Waals surface area contributed by atoms with Gasteiger partial charge in [-0.1, -0.05) is 42.5 Å². The highest BCUT2D eigenvalue weighted by molar-refractivity contribution is 7.89. The van der Waals surface area contributed by atoms with E-state index in [0.29, 0.717) is 11.1 Å². The monoisotopic (exact) mass is 387 g/mol. The largest absolute Gasteiger partial charge is 0.325 e. The summed E-state index contributed by atoms with van der Waals surface area (Å²) >= 11 is 0. The van der Waals surface area contributed by atoms with Crippen molar-refractivity contribution in [2.45, 2.75) is 23.9 Å². The number of carbonyl (C=O) groups excluding carboxylic acids is 2. The Hall–Kier alpha value is -2.71. The van der Waals surface area contributed by atoms with Crippen molar-refractivity contribution < 1.29 is 18.0 Å². The molecule has 0 aromatic heterocycles. The first-order chi connectivity index (χ1) is 12.7. The molecule has 3 amide bonds. The van der Waals surface area contributed by atoms with E-state index in [4.69, 9.17) is 0 Å². The fourth-order valence-corrected chi connectivity index (χ4v) is 3.98. The van der Waals surface area contributed by atoms with Crippen LogP contribution in [-0.2, 0) is 26.9 Å². The summed E-state index contributed by atoms with van der Waals surface area (Å²) in [7, 11) is -0.698. The minimum Gasteiger partial charge on any atom is -0.319 e. The van der Waals surface area contributed by atoms with Crippen LogP contribution in [0.15, 0.2) is 59.5 Å². The zero-order valence-electron chi connectivity index (χ0n) is 15.3. The van der Waals surface area contributed by atoms with Crippen LogP contribution in [0.3, 0.4) is 0 Å². The number of urea groups is 1. The van der Waals surface area contributed by atoms with Gasteiger partial charge in [0.2, 0.25) is 10.0 Å². The van der Waals surface area contributed by atoms with Crippen LogP contribution in [0.25, 0.3) is 0 Å². The predicted octanol–water partition coefficient (Wildman–Crippen LogP) is 1.90. The molecule has 142 valence electrons. The Balaban J connectivity index is 1.89. The lowest BCUT2D eigenvalue weighted by Crippen LogP contribution is -2.40. The molecule has 0 radical (unpaired) electrons. The van der Waals surface area contributed by atoms with Crippen LogP contribution in [0.2, 0.25) is 0 Å². The standard InChI is InChI=1S/C19H21N3O4S/c1-19(15-9-5-4-6-10-15)17(23)22(18(24)20-19)13-14-8-7-11-16(12-14)27(25,26)21(2)3/h4-12H,13H2,1-3H3,(H,20,24)/t19-/m1/s1. The van der Waals surface area contributed by atoms with Gasteiger partial charge in [0.1, 0.15) is 5.54 Å². The number of nitrogens with zero attached hydrogens (tertiary/aromatic N) is 2. The van der Waals surface area contributed by atoms with Crippen molar-refractivity contribution in [3.05, 3.63) is 65.7 Å². The number of hydrogen-bond acceptors (Lipinski definition) is 4. The van der Waals surface area contributed by atoms with E-state index < -0.39 is 21.6 Å². The van der Waals surface area contributed by atoms with E-state index in [9.17, 15) is 18.0 Å². The number of amides is 3. The average Bonchev–Trinajstić information content (AvgIpc) is 2.87. The second kappa shape index (κ2) is 6.79. The Labute approximate surface area is 158 Å². The zero-order valence-corrected chi connectivity index (χ0v) is 16.2. The van der Waals surface area contributed by atoms with Gasteiger partial charge in [-0.05, 0) is 30.2 Å². The van der Waals surface area contributed by atoms with E-state index in [1.54, 1.807) is 43.3 Å². The molecule has 0 bridgehead atoms. The Morgan fingerprint density at radius 3 is 2.33 bits per heavy atom. The molecule has 1 fully saturated rings. The van der Waals surface area contributed by atoms with E-state index >= 15 is 0 Å². The van der Waals surface area contributed by atoms with Crippen molar-refractivity contribution in [2.24, 2.45) is 0 Å². The molecule has 0 spiro atoms. The maximum absolute atomic E-state index is 12.9. The smallest absolute Gasteiger partial charge is 0.319 e. The quantitative estimate of drug-likeness (QED) is 0.794. The molecule has 7 nitrogen and oxygen atoms in total. The number of sulfonamides is 1. The van der Waals surface area contributed by atoms with Crippen molar-refractivity contribution in [1.82, 2.24) is 14.5 Å². The summed E-state index contributed by atoms with van der Waals surface area (Å²) in [5, 5.41) is 2.74. The van der Waals surface area contributed by atoms with E-state index in [2.05, 4.69) is 5.32 Å². The molecule has 2 aromatic rings. The lowest BCUT2D eigenvalue weighted by atomic mass is 9.92. The molecule has 1 aliphatic heterocycles. The van der Waals surface area contributed by atoms with E-state index in [1.165, 1.54) is 26.2 Å². The highest BCUT2D eigenvalue weighted by atomic mass is 32.2. The number of nitrogens with one attached hydrogen (secondary N) is 1. The molecule has 3 rings (SSSR count). The summed E-state index contributed by atoms with van der Waals surface area (Å²) in [5.41, 5.74) is 0.0968. The van der Waals surface area contributed by atoms with Gasteiger partial charge in [-0.25, -0.2) is 17.5 Å². The van der Waals surface area contributed by atoms with Crippen LogP contribution >= 0.6 is 0 Å². The average molecular weight is 387 g/mol. The molecule has 8 heteroatoms. The molecule has 27 heavy (non-hydrogen) atoms. The maximum Gasteiger partial charge on any atom is 0.325 e. The zero-order chi connectivity index (χ0) is 19.8. The molecule has 1 atom stereocenters. The summed E-state index contributed by atoms with van der Waals surface area (Å²) < 4.78 is 25.7. The fourth-order valence-electron chi connectivity index (χ4n) is 3.01. The van der Waals surface area contributed by atoms with Crippen LogP contribution in [-0.4, -0.2) is 43.7 Å². The Kier molecular flexibility index (Phi) is 4.79. The van der Waals surface area contributed by atoms with Crippen LogP contribution in [0, 0.1) is 0 Å². The van der Waals surface area contributed by atoms with E-state index in [1.807, 2.05) is 6.07 Å². The second-order valence-corrected chi connectivity index (χ2v) is 8.90. The number of carbonyl (C=O) groups is 2. The van der Waals surface area contributed by atoms with Gasteiger partial charge in [-0.15, -0.1) is 0 Å². The third-order valence-corrected chi connectivity index (χ3v) is 6.45. The van der Waals surface area contributed by atoms with Crippen LogP contribution in [0.4, 0.5) is 4.79 Å².